The van der Waals surface area contributed by atoms with E-state index >= 15 is 0 Å². The lowest BCUT2D eigenvalue weighted by atomic mass is 10.1. The van der Waals surface area contributed by atoms with Gasteiger partial charge in [0.05, 0.1) is 18.0 Å². The summed E-state index contributed by atoms with van der Waals surface area (Å²) < 4.78 is 11.1. The SMILES string of the molecule is CCCc1ccc2c(Nc3cc(Cl)ccc3Oc3ccc(C(=O)NCCOC)cc3)ccnc2n1. The molecule has 0 bridgehead atoms. The van der Waals surface area contributed by atoms with E-state index in [-0.39, 0.29) is 5.91 Å². The van der Waals surface area contributed by atoms with Crippen LogP contribution >= 0.6 is 11.6 Å². The van der Waals surface area contributed by atoms with Gasteiger partial charge in [0.2, 0.25) is 0 Å². The summed E-state index contributed by atoms with van der Waals surface area (Å²) in [4.78, 5) is 21.3. The fraction of sp³-hybridized carbons (Fsp3) is 0.222. The molecule has 2 heterocycles. The van der Waals surface area contributed by atoms with Gasteiger partial charge >= 0.3 is 0 Å². The van der Waals surface area contributed by atoms with Crippen LogP contribution in [0.15, 0.2) is 66.9 Å². The Morgan fingerprint density at radius 1 is 1.03 bits per heavy atom. The number of anilines is 2. The normalized spacial score (nSPS) is 10.8. The van der Waals surface area contributed by atoms with Crippen molar-refractivity contribution in [3.8, 4) is 11.5 Å². The van der Waals surface area contributed by atoms with Crippen LogP contribution in [0, 0.1) is 0 Å². The van der Waals surface area contributed by atoms with Crippen LogP contribution < -0.4 is 15.4 Å². The maximum absolute atomic E-state index is 12.2. The lowest BCUT2D eigenvalue weighted by Crippen LogP contribution is -2.26. The van der Waals surface area contributed by atoms with Gasteiger partial charge in [0.1, 0.15) is 5.75 Å². The molecule has 0 saturated heterocycles. The van der Waals surface area contributed by atoms with Gasteiger partial charge in [-0.25, -0.2) is 9.97 Å². The Labute approximate surface area is 209 Å². The zero-order valence-electron chi connectivity index (χ0n) is 19.7. The first-order valence-electron chi connectivity index (χ1n) is 11.4. The largest absolute Gasteiger partial charge is 0.455 e. The molecular weight excluding hydrogens is 464 g/mol. The van der Waals surface area contributed by atoms with Crippen LogP contribution in [0.5, 0.6) is 11.5 Å². The molecule has 0 aliphatic rings. The number of aryl methyl sites for hydroxylation is 1. The Morgan fingerprint density at radius 2 is 1.86 bits per heavy atom. The van der Waals surface area contributed by atoms with Crippen molar-refractivity contribution in [2.24, 2.45) is 0 Å². The van der Waals surface area contributed by atoms with Crippen LogP contribution in [0.4, 0.5) is 11.4 Å². The molecule has 8 heteroatoms. The number of halogens is 1. The summed E-state index contributed by atoms with van der Waals surface area (Å²) in [6.45, 7) is 3.04. The third kappa shape index (κ3) is 6.26. The molecule has 7 nitrogen and oxygen atoms in total. The minimum absolute atomic E-state index is 0.164. The molecule has 0 aliphatic carbocycles. The number of pyridine rings is 2. The third-order valence-corrected chi connectivity index (χ3v) is 5.55. The summed E-state index contributed by atoms with van der Waals surface area (Å²) in [6, 6.07) is 18.3. The molecule has 35 heavy (non-hydrogen) atoms. The highest BCUT2D eigenvalue weighted by Gasteiger charge is 2.11. The van der Waals surface area contributed by atoms with Crippen molar-refractivity contribution >= 4 is 39.9 Å². The number of aromatic nitrogens is 2. The number of fused-ring (bicyclic) bond motifs is 1. The molecule has 0 radical (unpaired) electrons. The van der Waals surface area contributed by atoms with E-state index in [9.17, 15) is 4.79 Å². The smallest absolute Gasteiger partial charge is 0.251 e. The van der Waals surface area contributed by atoms with E-state index in [1.807, 2.05) is 18.2 Å². The standard InChI is InChI=1S/C27H27ClN4O3/c1-3-4-20-8-11-22-23(13-14-29-26(22)31-20)32-24-17-19(28)7-12-25(24)35-21-9-5-18(6-10-21)27(33)30-15-16-34-2/h5-14,17H,3-4,15-16H2,1-2H3,(H,30,33)(H,29,31,32). The van der Waals surface area contributed by atoms with Crippen molar-refractivity contribution in [2.75, 3.05) is 25.6 Å². The first-order valence-corrected chi connectivity index (χ1v) is 11.8. The minimum atomic E-state index is -0.164. The second-order valence-corrected chi connectivity index (χ2v) is 8.36. The fourth-order valence-electron chi connectivity index (χ4n) is 3.58. The Hall–Kier alpha value is -3.68. The van der Waals surface area contributed by atoms with Crippen molar-refractivity contribution in [2.45, 2.75) is 19.8 Å². The van der Waals surface area contributed by atoms with Gasteiger partial charge in [-0.3, -0.25) is 4.79 Å². The highest BCUT2D eigenvalue weighted by atomic mass is 35.5. The highest BCUT2D eigenvalue weighted by molar-refractivity contribution is 6.31. The number of nitrogens with zero attached hydrogens (tertiary/aromatic N) is 2. The number of carbonyl (C=O) groups excluding carboxylic acids is 1. The molecule has 2 aromatic heterocycles. The number of methoxy groups -OCH3 is 1. The Kier molecular flexibility index (Phi) is 8.13. The second kappa shape index (κ2) is 11.6. The van der Waals surface area contributed by atoms with Gasteiger partial charge in [0.15, 0.2) is 11.4 Å². The van der Waals surface area contributed by atoms with E-state index in [1.54, 1.807) is 55.8 Å². The van der Waals surface area contributed by atoms with Crippen LogP contribution in [-0.2, 0) is 11.2 Å². The molecule has 2 aromatic carbocycles. The first kappa shape index (κ1) is 24.4. The number of amides is 1. The van der Waals surface area contributed by atoms with Gasteiger partial charge in [-0.2, -0.15) is 0 Å². The van der Waals surface area contributed by atoms with E-state index in [0.717, 1.165) is 29.6 Å². The van der Waals surface area contributed by atoms with Gasteiger partial charge in [0, 0.05) is 41.5 Å². The van der Waals surface area contributed by atoms with Gasteiger partial charge in [-0.1, -0.05) is 24.9 Å². The molecule has 180 valence electrons. The van der Waals surface area contributed by atoms with Crippen molar-refractivity contribution in [3.63, 3.8) is 0 Å². The monoisotopic (exact) mass is 490 g/mol. The molecule has 0 atom stereocenters. The Bertz CT molecular complexity index is 1310. The lowest BCUT2D eigenvalue weighted by molar-refractivity contribution is 0.0937. The van der Waals surface area contributed by atoms with Gasteiger partial charge < -0.3 is 20.1 Å². The molecule has 2 N–H and O–H groups in total. The molecule has 0 saturated carbocycles. The van der Waals surface area contributed by atoms with Gasteiger partial charge in [-0.15, -0.1) is 0 Å². The molecular formula is C27H27ClN4O3. The first-order chi connectivity index (χ1) is 17.1. The van der Waals surface area contributed by atoms with Crippen molar-refractivity contribution in [3.05, 3.63) is 83.1 Å². The summed E-state index contributed by atoms with van der Waals surface area (Å²) in [5.74, 6) is 1.02. The number of ether oxygens (including phenoxy) is 2. The molecule has 4 rings (SSSR count). The third-order valence-electron chi connectivity index (χ3n) is 5.31. The zero-order valence-corrected chi connectivity index (χ0v) is 20.4. The van der Waals surface area contributed by atoms with Gasteiger partial charge in [-0.05, 0) is 67.1 Å². The van der Waals surface area contributed by atoms with Crippen LogP contribution in [-0.4, -0.2) is 36.1 Å². The summed E-state index contributed by atoms with van der Waals surface area (Å²) in [5.41, 5.74) is 3.79. The average molecular weight is 491 g/mol. The van der Waals surface area contributed by atoms with Crippen molar-refractivity contribution in [1.29, 1.82) is 0 Å². The molecule has 4 aromatic rings. The quantitative estimate of drug-likeness (QED) is 0.259. The number of hydrogen-bond acceptors (Lipinski definition) is 6. The second-order valence-electron chi connectivity index (χ2n) is 7.92. The topological polar surface area (TPSA) is 85.4 Å². The van der Waals surface area contributed by atoms with Crippen LogP contribution in [0.25, 0.3) is 11.0 Å². The Balaban J connectivity index is 1.55. The summed E-state index contributed by atoms with van der Waals surface area (Å²) in [6.07, 6.45) is 3.67. The van der Waals surface area contributed by atoms with E-state index in [2.05, 4.69) is 27.5 Å². The lowest BCUT2D eigenvalue weighted by Gasteiger charge is -2.15. The summed E-state index contributed by atoms with van der Waals surface area (Å²) in [5, 5.41) is 7.70. The van der Waals surface area contributed by atoms with E-state index in [4.69, 9.17) is 21.1 Å². The minimum Gasteiger partial charge on any atom is -0.455 e. The molecule has 0 fully saturated rings. The number of nitrogens with one attached hydrogen (secondary N) is 2. The molecule has 0 spiro atoms. The number of carbonyl (C=O) groups is 1. The molecule has 1 amide bonds. The molecule has 0 unspecified atom stereocenters. The average Bonchev–Trinajstić information content (AvgIpc) is 2.86. The van der Waals surface area contributed by atoms with E-state index in [0.29, 0.717) is 46.6 Å². The summed E-state index contributed by atoms with van der Waals surface area (Å²) in [7, 11) is 1.59. The molecule has 0 aliphatic heterocycles. The van der Waals surface area contributed by atoms with Crippen molar-refractivity contribution < 1.29 is 14.3 Å². The predicted molar refractivity (Wildman–Crippen MR) is 139 cm³/mol. The Morgan fingerprint density at radius 3 is 2.63 bits per heavy atom. The maximum atomic E-state index is 12.2. The van der Waals surface area contributed by atoms with E-state index < -0.39 is 0 Å². The number of hydrogen-bond donors (Lipinski definition) is 2. The maximum Gasteiger partial charge on any atom is 0.251 e. The fourth-order valence-corrected chi connectivity index (χ4v) is 3.75. The van der Waals surface area contributed by atoms with E-state index in [1.165, 1.54) is 0 Å². The number of rotatable bonds is 10. The van der Waals surface area contributed by atoms with Crippen LogP contribution in [0.1, 0.15) is 29.4 Å². The van der Waals surface area contributed by atoms with Crippen LogP contribution in [0.2, 0.25) is 5.02 Å². The van der Waals surface area contributed by atoms with Crippen molar-refractivity contribution in [1.82, 2.24) is 15.3 Å². The van der Waals surface area contributed by atoms with Crippen LogP contribution in [0.3, 0.4) is 0 Å². The summed E-state index contributed by atoms with van der Waals surface area (Å²) >= 11 is 6.29. The predicted octanol–water partition coefficient (Wildman–Crippen LogP) is 6.15. The zero-order chi connectivity index (χ0) is 24.6. The highest BCUT2D eigenvalue weighted by Crippen LogP contribution is 2.35. The number of benzene rings is 2. The van der Waals surface area contributed by atoms with Gasteiger partial charge in [0.25, 0.3) is 5.91 Å².